The van der Waals surface area contributed by atoms with Crippen LogP contribution in [0.2, 0.25) is 0 Å². The summed E-state index contributed by atoms with van der Waals surface area (Å²) in [5, 5.41) is 6.11. The second-order valence-corrected chi connectivity index (χ2v) is 8.53. The molecule has 0 bridgehead atoms. The molecule has 0 radical (unpaired) electrons. The lowest BCUT2D eigenvalue weighted by atomic mass is 9.97. The van der Waals surface area contributed by atoms with Gasteiger partial charge in [0.1, 0.15) is 5.75 Å². The molecule has 7 nitrogen and oxygen atoms in total. The van der Waals surface area contributed by atoms with E-state index in [9.17, 15) is 13.2 Å². The number of hydrogen-bond acceptors (Lipinski definition) is 5. The van der Waals surface area contributed by atoms with Gasteiger partial charge in [-0.3, -0.25) is 9.52 Å². The maximum absolute atomic E-state index is 12.6. The lowest BCUT2D eigenvalue weighted by molar-refractivity contribution is -0.132. The Balaban J connectivity index is 1.97. The van der Waals surface area contributed by atoms with Crippen LogP contribution in [0.5, 0.6) is 5.75 Å². The van der Waals surface area contributed by atoms with Crippen molar-refractivity contribution >= 4 is 27.3 Å². The summed E-state index contributed by atoms with van der Waals surface area (Å²) in [6, 6.07) is 14.4. The summed E-state index contributed by atoms with van der Waals surface area (Å²) >= 11 is 0. The zero-order chi connectivity index (χ0) is 21.0. The number of nitrogens with one attached hydrogen (secondary N) is 1. The molecule has 0 aliphatic carbocycles. The van der Waals surface area contributed by atoms with Crippen molar-refractivity contribution in [1.82, 2.24) is 5.01 Å². The molecule has 1 N–H and O–H groups in total. The smallest absolute Gasteiger partial charge is 0.242 e. The molecule has 29 heavy (non-hydrogen) atoms. The fraction of sp³-hybridized carbons (Fsp3) is 0.333. The second kappa shape index (κ2) is 8.65. The predicted octanol–water partition coefficient (Wildman–Crippen LogP) is 3.54. The quantitative estimate of drug-likeness (QED) is 0.749. The third-order valence-electron chi connectivity index (χ3n) is 4.55. The molecule has 0 spiro atoms. The highest BCUT2D eigenvalue weighted by molar-refractivity contribution is 7.92. The molecule has 2 aromatic carbocycles. The van der Waals surface area contributed by atoms with E-state index in [1.807, 2.05) is 37.3 Å². The first-order chi connectivity index (χ1) is 13.8. The summed E-state index contributed by atoms with van der Waals surface area (Å²) < 4.78 is 31.3. The van der Waals surface area contributed by atoms with E-state index < -0.39 is 10.0 Å². The first-order valence-corrected chi connectivity index (χ1v) is 11.4. The van der Waals surface area contributed by atoms with Crippen LogP contribution < -0.4 is 9.46 Å². The highest BCUT2D eigenvalue weighted by Crippen LogP contribution is 2.38. The molecule has 0 aromatic heterocycles. The number of ether oxygens (including phenoxy) is 1. The van der Waals surface area contributed by atoms with Crippen molar-refractivity contribution in [1.29, 1.82) is 0 Å². The van der Waals surface area contributed by atoms with Crippen molar-refractivity contribution in [2.45, 2.75) is 32.7 Å². The number of carbonyl (C=O) groups excluding carboxylic acids is 1. The Kier molecular flexibility index (Phi) is 6.22. The minimum Gasteiger partial charge on any atom is -0.494 e. The van der Waals surface area contributed by atoms with Crippen molar-refractivity contribution < 1.29 is 17.9 Å². The van der Waals surface area contributed by atoms with Crippen LogP contribution in [0.25, 0.3) is 0 Å². The SMILES string of the molecule is CCOc1ccccc1[C@@H]1CC(c2cccc(NS(C)(=O)=O)c2)=NN1C(=O)CC. The number of sulfonamides is 1. The zero-order valence-corrected chi connectivity index (χ0v) is 17.6. The predicted molar refractivity (Wildman–Crippen MR) is 114 cm³/mol. The molecule has 8 heteroatoms. The molecule has 0 fully saturated rings. The number of hydrogen-bond donors (Lipinski definition) is 1. The number of rotatable bonds is 7. The molecular weight excluding hydrogens is 390 g/mol. The maximum atomic E-state index is 12.6. The van der Waals surface area contributed by atoms with E-state index >= 15 is 0 Å². The molecule has 0 saturated carbocycles. The summed E-state index contributed by atoms with van der Waals surface area (Å²) in [6.07, 6.45) is 1.95. The van der Waals surface area contributed by atoms with Crippen molar-refractivity contribution in [2.24, 2.45) is 5.10 Å². The highest BCUT2D eigenvalue weighted by atomic mass is 32.2. The summed E-state index contributed by atoms with van der Waals surface area (Å²) in [6.45, 7) is 4.25. The minimum absolute atomic E-state index is 0.0817. The Labute approximate surface area is 171 Å². The number of amides is 1. The Hall–Kier alpha value is -2.87. The number of nitrogens with zero attached hydrogens (tertiary/aromatic N) is 2. The Morgan fingerprint density at radius 3 is 2.66 bits per heavy atom. The lowest BCUT2D eigenvalue weighted by Crippen LogP contribution is -2.26. The van der Waals surface area contributed by atoms with Gasteiger partial charge in [0.15, 0.2) is 0 Å². The number of para-hydroxylation sites is 1. The molecule has 1 heterocycles. The van der Waals surface area contributed by atoms with E-state index in [4.69, 9.17) is 4.74 Å². The molecule has 1 atom stereocenters. The number of benzene rings is 2. The summed E-state index contributed by atoms with van der Waals surface area (Å²) in [7, 11) is -3.38. The maximum Gasteiger partial charge on any atom is 0.242 e. The molecular formula is C21H25N3O4S. The van der Waals surface area contributed by atoms with Crippen LogP contribution in [0.4, 0.5) is 5.69 Å². The van der Waals surface area contributed by atoms with Crippen molar-refractivity contribution in [3.05, 3.63) is 59.7 Å². The van der Waals surface area contributed by atoms with Gasteiger partial charge >= 0.3 is 0 Å². The van der Waals surface area contributed by atoms with Crippen molar-refractivity contribution in [3.63, 3.8) is 0 Å². The zero-order valence-electron chi connectivity index (χ0n) is 16.8. The number of hydrazone groups is 1. The van der Waals surface area contributed by atoms with Gasteiger partial charge in [0, 0.05) is 24.1 Å². The largest absolute Gasteiger partial charge is 0.494 e. The molecule has 0 saturated heterocycles. The summed E-state index contributed by atoms with van der Waals surface area (Å²) in [4.78, 5) is 12.6. The van der Waals surface area contributed by atoms with Crippen LogP contribution in [-0.4, -0.2) is 37.9 Å². The number of carbonyl (C=O) groups is 1. The fourth-order valence-electron chi connectivity index (χ4n) is 3.34. The monoisotopic (exact) mass is 415 g/mol. The molecule has 1 amide bonds. The Bertz CT molecular complexity index is 1030. The van der Waals surface area contributed by atoms with E-state index in [2.05, 4.69) is 9.82 Å². The highest BCUT2D eigenvalue weighted by Gasteiger charge is 2.34. The summed E-state index contributed by atoms with van der Waals surface area (Å²) in [5.41, 5.74) is 2.85. The van der Waals surface area contributed by atoms with Gasteiger partial charge in [-0.25, -0.2) is 13.4 Å². The van der Waals surface area contributed by atoms with Gasteiger partial charge in [-0.2, -0.15) is 5.10 Å². The number of anilines is 1. The van der Waals surface area contributed by atoms with Gasteiger partial charge in [-0.05, 0) is 30.7 Å². The lowest BCUT2D eigenvalue weighted by Gasteiger charge is -2.23. The average molecular weight is 416 g/mol. The molecule has 1 aliphatic heterocycles. The minimum atomic E-state index is -3.38. The third-order valence-corrected chi connectivity index (χ3v) is 5.15. The molecule has 3 rings (SSSR count). The van der Waals surface area contributed by atoms with E-state index in [1.165, 1.54) is 5.01 Å². The van der Waals surface area contributed by atoms with Crippen LogP contribution in [-0.2, 0) is 14.8 Å². The van der Waals surface area contributed by atoms with Gasteiger partial charge in [0.25, 0.3) is 0 Å². The average Bonchev–Trinajstić information content (AvgIpc) is 3.12. The molecule has 1 aliphatic rings. The van der Waals surface area contributed by atoms with Gasteiger partial charge in [-0.15, -0.1) is 0 Å². The van der Waals surface area contributed by atoms with E-state index in [0.717, 1.165) is 28.8 Å². The molecule has 0 unspecified atom stereocenters. The van der Waals surface area contributed by atoms with Gasteiger partial charge in [0.2, 0.25) is 15.9 Å². The van der Waals surface area contributed by atoms with Gasteiger partial charge in [-0.1, -0.05) is 37.3 Å². The summed E-state index contributed by atoms with van der Waals surface area (Å²) in [5.74, 6) is 0.652. The fourth-order valence-corrected chi connectivity index (χ4v) is 3.89. The standard InChI is InChI=1S/C21H25N3O4S/c1-4-21(25)24-19(17-11-6-7-12-20(17)28-5-2)14-18(22-24)15-9-8-10-16(13-15)23-29(3,26)27/h6-13,19,23H,4-5,14H2,1-3H3/t19-/m0/s1. The first-order valence-electron chi connectivity index (χ1n) is 9.52. The van der Waals surface area contributed by atoms with Crippen molar-refractivity contribution in [3.8, 4) is 5.75 Å². The normalized spacial score (nSPS) is 16.4. The topological polar surface area (TPSA) is 88.1 Å². The van der Waals surface area contributed by atoms with Gasteiger partial charge in [0.05, 0.1) is 24.6 Å². The first kappa shape index (κ1) is 20.9. The van der Waals surface area contributed by atoms with Crippen LogP contribution in [0, 0.1) is 0 Å². The Morgan fingerprint density at radius 1 is 1.21 bits per heavy atom. The van der Waals surface area contributed by atoms with E-state index in [0.29, 0.717) is 25.1 Å². The van der Waals surface area contributed by atoms with Gasteiger partial charge < -0.3 is 4.74 Å². The van der Waals surface area contributed by atoms with Crippen LogP contribution in [0.1, 0.15) is 43.9 Å². The van der Waals surface area contributed by atoms with Crippen molar-refractivity contribution in [2.75, 3.05) is 17.6 Å². The molecule has 154 valence electrons. The van der Waals surface area contributed by atoms with Crippen LogP contribution >= 0.6 is 0 Å². The second-order valence-electron chi connectivity index (χ2n) is 6.78. The van der Waals surface area contributed by atoms with Crippen LogP contribution in [0.3, 0.4) is 0 Å². The van der Waals surface area contributed by atoms with E-state index in [-0.39, 0.29) is 11.9 Å². The third kappa shape index (κ3) is 4.95. The Morgan fingerprint density at radius 2 is 1.97 bits per heavy atom. The van der Waals surface area contributed by atoms with E-state index in [1.54, 1.807) is 25.1 Å². The molecule has 2 aromatic rings. The van der Waals surface area contributed by atoms with Crippen LogP contribution in [0.15, 0.2) is 53.6 Å².